The largest absolute Gasteiger partial charge is 0.481 e. The maximum Gasteiger partial charge on any atom is 0.315 e. The van der Waals surface area contributed by atoms with Gasteiger partial charge >= 0.3 is 5.97 Å². The molecule has 23 heavy (non-hydrogen) atoms. The average Bonchev–Trinajstić information content (AvgIpc) is 2.55. The number of amides is 1. The second kappa shape index (κ2) is 6.91. The molecule has 1 atom stereocenters. The topological polar surface area (TPSA) is 79.3 Å². The minimum atomic E-state index is -1.20. The van der Waals surface area contributed by atoms with Crippen molar-refractivity contribution in [3.63, 3.8) is 0 Å². The smallest absolute Gasteiger partial charge is 0.315 e. The number of benzene rings is 1. The fourth-order valence-electron chi connectivity index (χ4n) is 2.15. The van der Waals surface area contributed by atoms with E-state index in [9.17, 15) is 14.7 Å². The van der Waals surface area contributed by atoms with Gasteiger partial charge in [0.05, 0.1) is 5.56 Å². The molecule has 2 rings (SSSR count). The maximum absolute atomic E-state index is 12.2. The summed E-state index contributed by atoms with van der Waals surface area (Å²) in [6.07, 6.45) is 1.45. The lowest BCUT2D eigenvalue weighted by Crippen LogP contribution is -2.44. The summed E-state index contributed by atoms with van der Waals surface area (Å²) in [7, 11) is 0. The van der Waals surface area contributed by atoms with Gasteiger partial charge in [-0.25, -0.2) is 4.98 Å². The molecule has 0 saturated heterocycles. The van der Waals surface area contributed by atoms with Crippen LogP contribution in [0.5, 0.6) is 0 Å². The van der Waals surface area contributed by atoms with Crippen molar-refractivity contribution in [2.24, 2.45) is 0 Å². The summed E-state index contributed by atoms with van der Waals surface area (Å²) in [6, 6.07) is 10.6. The van der Waals surface area contributed by atoms with E-state index < -0.39 is 11.4 Å². The van der Waals surface area contributed by atoms with Crippen LogP contribution in [-0.2, 0) is 10.2 Å². The Kier molecular flexibility index (Phi) is 5.15. The van der Waals surface area contributed by atoms with Gasteiger partial charge in [-0.3, -0.25) is 9.59 Å². The predicted octanol–water partition coefficient (Wildman–Crippen LogP) is 2.92. The number of carbonyl (C=O) groups is 2. The number of hydrogen-bond donors (Lipinski definition) is 2. The first kappa shape index (κ1) is 17.1. The third-order valence-corrected chi connectivity index (χ3v) is 4.59. The molecule has 1 aromatic heterocycles. The lowest BCUT2D eigenvalue weighted by atomic mass is 9.82. The highest BCUT2D eigenvalue weighted by Gasteiger charge is 2.35. The van der Waals surface area contributed by atoms with Crippen molar-refractivity contribution >= 4 is 27.8 Å². The molecule has 2 N–H and O–H groups in total. The number of aliphatic carboxylic acids is 1. The zero-order valence-electron chi connectivity index (χ0n) is 12.8. The molecule has 1 heterocycles. The van der Waals surface area contributed by atoms with Crippen LogP contribution in [0, 0.1) is 6.92 Å². The van der Waals surface area contributed by atoms with Gasteiger partial charge in [0.1, 0.15) is 10.0 Å². The highest BCUT2D eigenvalue weighted by Crippen LogP contribution is 2.23. The van der Waals surface area contributed by atoms with Gasteiger partial charge in [-0.15, -0.1) is 0 Å². The number of aryl methyl sites for hydroxylation is 1. The number of rotatable bonds is 5. The fourth-order valence-corrected chi connectivity index (χ4v) is 2.37. The molecule has 1 amide bonds. The van der Waals surface area contributed by atoms with E-state index in [1.807, 2.05) is 13.0 Å². The summed E-state index contributed by atoms with van der Waals surface area (Å²) in [6.45, 7) is 3.41. The Labute approximate surface area is 142 Å². The molecule has 0 bridgehead atoms. The van der Waals surface area contributed by atoms with Crippen molar-refractivity contribution in [3.05, 3.63) is 63.9 Å². The van der Waals surface area contributed by atoms with Crippen molar-refractivity contribution in [1.29, 1.82) is 0 Å². The SMILES string of the molecule is Cc1cc(C(=O)NCC(C)(C(=O)O)c2ccccc2)cnc1Br. The summed E-state index contributed by atoms with van der Waals surface area (Å²) < 4.78 is 0.675. The third kappa shape index (κ3) is 3.76. The summed E-state index contributed by atoms with van der Waals surface area (Å²) >= 11 is 3.28. The molecule has 0 aliphatic rings. The normalized spacial score (nSPS) is 13.2. The van der Waals surface area contributed by atoms with Crippen LogP contribution in [0.1, 0.15) is 28.4 Å². The summed E-state index contributed by atoms with van der Waals surface area (Å²) in [4.78, 5) is 28.0. The third-order valence-electron chi connectivity index (χ3n) is 3.76. The number of nitrogens with zero attached hydrogens (tertiary/aromatic N) is 1. The Morgan fingerprint density at radius 3 is 2.52 bits per heavy atom. The summed E-state index contributed by atoms with van der Waals surface area (Å²) in [5.74, 6) is -1.34. The number of aromatic nitrogens is 1. The fraction of sp³-hybridized carbons (Fsp3) is 0.235. The van der Waals surface area contributed by atoms with Gasteiger partial charge in [-0.1, -0.05) is 30.3 Å². The molecular weight excluding hydrogens is 360 g/mol. The van der Waals surface area contributed by atoms with Crippen molar-refractivity contribution in [2.75, 3.05) is 6.54 Å². The van der Waals surface area contributed by atoms with Crippen LogP contribution in [0.3, 0.4) is 0 Å². The number of carbonyl (C=O) groups excluding carboxylic acids is 1. The minimum absolute atomic E-state index is 0.0136. The minimum Gasteiger partial charge on any atom is -0.481 e. The lowest BCUT2D eigenvalue weighted by Gasteiger charge is -2.25. The number of nitrogens with one attached hydrogen (secondary N) is 1. The number of carboxylic acids is 1. The molecule has 0 fully saturated rings. The van der Waals surface area contributed by atoms with E-state index in [0.717, 1.165) is 5.56 Å². The van der Waals surface area contributed by atoms with Crippen LogP contribution in [0.15, 0.2) is 47.2 Å². The first-order chi connectivity index (χ1) is 10.8. The number of halogens is 1. The van der Waals surface area contributed by atoms with Crippen LogP contribution < -0.4 is 5.32 Å². The molecule has 5 nitrogen and oxygen atoms in total. The zero-order chi connectivity index (χ0) is 17.0. The maximum atomic E-state index is 12.2. The highest BCUT2D eigenvalue weighted by atomic mass is 79.9. The van der Waals surface area contributed by atoms with Crippen LogP contribution >= 0.6 is 15.9 Å². The van der Waals surface area contributed by atoms with E-state index in [0.29, 0.717) is 15.7 Å². The van der Waals surface area contributed by atoms with Gasteiger partial charge < -0.3 is 10.4 Å². The van der Waals surface area contributed by atoms with Crippen LogP contribution in [0.25, 0.3) is 0 Å². The van der Waals surface area contributed by atoms with Crippen molar-refractivity contribution < 1.29 is 14.7 Å². The Morgan fingerprint density at radius 1 is 1.30 bits per heavy atom. The molecule has 0 aliphatic heterocycles. The van der Waals surface area contributed by atoms with E-state index in [1.165, 1.54) is 6.20 Å². The Hall–Kier alpha value is -2.21. The summed E-state index contributed by atoms with van der Waals surface area (Å²) in [5.41, 5.74) is 0.667. The van der Waals surface area contributed by atoms with E-state index in [4.69, 9.17) is 0 Å². The van der Waals surface area contributed by atoms with Crippen molar-refractivity contribution in [1.82, 2.24) is 10.3 Å². The Balaban J connectivity index is 2.17. The highest BCUT2D eigenvalue weighted by molar-refractivity contribution is 9.10. The van der Waals surface area contributed by atoms with Gasteiger partial charge in [0.2, 0.25) is 0 Å². The molecular formula is C17H17BrN2O3. The standard InChI is InChI=1S/C17H17BrN2O3/c1-11-8-12(9-19-14(11)18)15(21)20-10-17(2,16(22)23)13-6-4-3-5-7-13/h3-9H,10H2,1-2H3,(H,20,21)(H,22,23). The van der Waals surface area contributed by atoms with Gasteiger partial charge in [-0.05, 0) is 47.0 Å². The number of pyridine rings is 1. The molecule has 6 heteroatoms. The van der Waals surface area contributed by atoms with E-state index >= 15 is 0 Å². The Bertz CT molecular complexity index is 734. The molecule has 0 aliphatic carbocycles. The van der Waals surface area contributed by atoms with Gasteiger partial charge in [0.15, 0.2) is 0 Å². The van der Waals surface area contributed by atoms with E-state index in [2.05, 4.69) is 26.2 Å². The monoisotopic (exact) mass is 376 g/mol. The lowest BCUT2D eigenvalue weighted by molar-refractivity contribution is -0.142. The summed E-state index contributed by atoms with van der Waals surface area (Å²) in [5, 5.41) is 12.3. The second-order valence-corrected chi connectivity index (χ2v) is 6.27. The molecule has 0 radical (unpaired) electrons. The molecule has 120 valence electrons. The molecule has 1 unspecified atom stereocenters. The van der Waals surface area contributed by atoms with Crippen molar-refractivity contribution in [2.45, 2.75) is 19.3 Å². The molecule has 1 aromatic carbocycles. The van der Waals surface area contributed by atoms with Crippen molar-refractivity contribution in [3.8, 4) is 0 Å². The van der Waals surface area contributed by atoms with Crippen LogP contribution in [0.4, 0.5) is 0 Å². The van der Waals surface area contributed by atoms with Gasteiger partial charge in [0.25, 0.3) is 5.91 Å². The first-order valence-electron chi connectivity index (χ1n) is 7.04. The molecule has 0 spiro atoms. The van der Waals surface area contributed by atoms with Crippen LogP contribution in [0.2, 0.25) is 0 Å². The average molecular weight is 377 g/mol. The quantitative estimate of drug-likeness (QED) is 0.786. The zero-order valence-corrected chi connectivity index (χ0v) is 14.4. The van der Waals surface area contributed by atoms with Gasteiger partial charge in [-0.2, -0.15) is 0 Å². The van der Waals surface area contributed by atoms with E-state index in [-0.39, 0.29) is 12.5 Å². The first-order valence-corrected chi connectivity index (χ1v) is 7.83. The van der Waals surface area contributed by atoms with Crippen LogP contribution in [-0.4, -0.2) is 28.5 Å². The second-order valence-electron chi connectivity index (χ2n) is 5.52. The van der Waals surface area contributed by atoms with Gasteiger partial charge in [0, 0.05) is 12.7 Å². The van der Waals surface area contributed by atoms with E-state index in [1.54, 1.807) is 37.3 Å². The predicted molar refractivity (Wildman–Crippen MR) is 90.4 cm³/mol. The molecule has 2 aromatic rings. The number of carboxylic acid groups (broad SMARTS) is 1. The number of hydrogen-bond acceptors (Lipinski definition) is 3. The molecule has 0 saturated carbocycles. The Morgan fingerprint density at radius 2 is 1.96 bits per heavy atom.